The lowest BCUT2D eigenvalue weighted by Gasteiger charge is -2.20. The van der Waals surface area contributed by atoms with E-state index in [2.05, 4.69) is 29.6 Å². The fourth-order valence-electron chi connectivity index (χ4n) is 3.73. The Labute approximate surface area is 169 Å². The van der Waals surface area contributed by atoms with Gasteiger partial charge < -0.3 is 19.1 Å². The van der Waals surface area contributed by atoms with Crippen LogP contribution in [-0.2, 0) is 17.9 Å². The number of amides is 1. The summed E-state index contributed by atoms with van der Waals surface area (Å²) in [6.45, 7) is 3.59. The molecule has 0 spiro atoms. The summed E-state index contributed by atoms with van der Waals surface area (Å²) >= 11 is 0. The van der Waals surface area contributed by atoms with E-state index < -0.39 is 0 Å². The molecule has 0 aliphatic heterocycles. The SMILES string of the molecule is C[C@@H](NC(=O)C[NH+](Cc1ccco1)Cc1ccco1)c1cccc2ccccc12. The van der Waals surface area contributed by atoms with E-state index in [1.54, 1.807) is 12.5 Å². The van der Waals surface area contributed by atoms with Crippen LogP contribution in [0.5, 0.6) is 0 Å². The van der Waals surface area contributed by atoms with Crippen LogP contribution in [0.4, 0.5) is 0 Å². The summed E-state index contributed by atoms with van der Waals surface area (Å²) in [4.78, 5) is 13.9. The molecule has 0 unspecified atom stereocenters. The van der Waals surface area contributed by atoms with E-state index in [9.17, 15) is 4.79 Å². The number of furan rings is 2. The maximum atomic E-state index is 12.8. The predicted molar refractivity (Wildman–Crippen MR) is 111 cm³/mol. The Hall–Kier alpha value is -3.31. The quantitative estimate of drug-likeness (QED) is 0.485. The normalized spacial score (nSPS) is 12.3. The first-order valence-corrected chi connectivity index (χ1v) is 9.84. The van der Waals surface area contributed by atoms with Gasteiger partial charge in [0.25, 0.3) is 5.91 Å². The molecular formula is C24H25N2O3+. The van der Waals surface area contributed by atoms with E-state index >= 15 is 0 Å². The zero-order valence-electron chi connectivity index (χ0n) is 16.4. The lowest BCUT2D eigenvalue weighted by atomic mass is 10.00. The molecule has 2 aromatic carbocycles. The average Bonchev–Trinajstić information content (AvgIpc) is 3.41. The molecule has 0 bridgehead atoms. The van der Waals surface area contributed by atoms with Crippen molar-refractivity contribution >= 4 is 16.7 Å². The molecule has 0 saturated heterocycles. The largest absolute Gasteiger partial charge is 0.463 e. The minimum atomic E-state index is -0.0814. The average molecular weight is 389 g/mol. The molecule has 2 N–H and O–H groups in total. The van der Waals surface area contributed by atoms with Crippen LogP contribution in [-0.4, -0.2) is 12.5 Å². The predicted octanol–water partition coefficient (Wildman–Crippen LogP) is 3.49. The number of rotatable bonds is 8. The molecule has 5 nitrogen and oxygen atoms in total. The molecule has 29 heavy (non-hydrogen) atoms. The third-order valence-corrected chi connectivity index (χ3v) is 5.09. The van der Waals surface area contributed by atoms with Gasteiger partial charge >= 0.3 is 0 Å². The minimum absolute atomic E-state index is 0.00135. The molecule has 1 atom stereocenters. The second-order valence-electron chi connectivity index (χ2n) is 7.30. The maximum Gasteiger partial charge on any atom is 0.275 e. The van der Waals surface area contributed by atoms with Crippen LogP contribution < -0.4 is 10.2 Å². The first-order chi connectivity index (χ1) is 14.2. The Morgan fingerprint density at radius 3 is 2.21 bits per heavy atom. The van der Waals surface area contributed by atoms with E-state index in [-0.39, 0.29) is 11.9 Å². The highest BCUT2D eigenvalue weighted by molar-refractivity contribution is 5.87. The fraction of sp³-hybridized carbons (Fsp3) is 0.208. The maximum absolute atomic E-state index is 12.8. The highest BCUT2D eigenvalue weighted by Gasteiger charge is 2.20. The molecule has 0 radical (unpaired) electrons. The summed E-state index contributed by atoms with van der Waals surface area (Å²) in [5.74, 6) is 1.70. The fourth-order valence-corrected chi connectivity index (χ4v) is 3.73. The molecule has 4 aromatic rings. The topological polar surface area (TPSA) is 59.8 Å². The van der Waals surface area contributed by atoms with Crippen molar-refractivity contribution < 1.29 is 18.5 Å². The van der Waals surface area contributed by atoms with Gasteiger partial charge in [-0.15, -0.1) is 0 Å². The molecule has 0 saturated carbocycles. The number of hydrogen-bond donors (Lipinski definition) is 2. The van der Waals surface area contributed by atoms with Gasteiger partial charge in [0.2, 0.25) is 0 Å². The van der Waals surface area contributed by atoms with Gasteiger partial charge in [0.15, 0.2) is 18.1 Å². The van der Waals surface area contributed by atoms with Crippen molar-refractivity contribution in [1.82, 2.24) is 5.32 Å². The standard InChI is InChI=1S/C24H24N2O3/c1-18(22-12-4-8-19-7-2-3-11-23(19)22)25-24(27)17-26(15-20-9-5-13-28-20)16-21-10-6-14-29-21/h2-14,18H,15-17H2,1H3,(H,25,27)/p+1/t18-/m1/s1. The van der Waals surface area contributed by atoms with Crippen LogP contribution in [0, 0.1) is 0 Å². The van der Waals surface area contributed by atoms with Crippen molar-refractivity contribution in [3.05, 3.63) is 96.3 Å². The monoisotopic (exact) mass is 389 g/mol. The molecule has 2 aromatic heterocycles. The van der Waals surface area contributed by atoms with Crippen LogP contribution in [0.1, 0.15) is 30.0 Å². The summed E-state index contributed by atoms with van der Waals surface area (Å²) in [6, 6.07) is 21.9. The summed E-state index contributed by atoms with van der Waals surface area (Å²) in [7, 11) is 0. The minimum Gasteiger partial charge on any atom is -0.463 e. The van der Waals surface area contributed by atoms with Gasteiger partial charge in [-0.05, 0) is 47.5 Å². The molecule has 1 amide bonds. The zero-order chi connectivity index (χ0) is 20.1. The van der Waals surface area contributed by atoms with Gasteiger partial charge in [0.05, 0.1) is 18.6 Å². The Kier molecular flexibility index (Phi) is 5.77. The van der Waals surface area contributed by atoms with Crippen molar-refractivity contribution in [3.63, 3.8) is 0 Å². The molecule has 5 heteroatoms. The van der Waals surface area contributed by atoms with E-state index in [0.717, 1.165) is 27.4 Å². The van der Waals surface area contributed by atoms with Crippen LogP contribution >= 0.6 is 0 Å². The molecular weight excluding hydrogens is 364 g/mol. The van der Waals surface area contributed by atoms with E-state index in [0.29, 0.717) is 19.6 Å². The summed E-state index contributed by atoms with van der Waals surface area (Å²) in [5.41, 5.74) is 1.12. The van der Waals surface area contributed by atoms with Crippen molar-refractivity contribution in [1.29, 1.82) is 0 Å². The smallest absolute Gasteiger partial charge is 0.275 e. The van der Waals surface area contributed by atoms with Crippen LogP contribution in [0.2, 0.25) is 0 Å². The molecule has 0 aliphatic rings. The lowest BCUT2D eigenvalue weighted by molar-refractivity contribution is -0.921. The second-order valence-corrected chi connectivity index (χ2v) is 7.30. The summed E-state index contributed by atoms with van der Waals surface area (Å²) in [6.07, 6.45) is 3.31. The Morgan fingerprint density at radius 2 is 1.55 bits per heavy atom. The van der Waals surface area contributed by atoms with Gasteiger partial charge in [-0.25, -0.2) is 0 Å². The highest BCUT2D eigenvalue weighted by atomic mass is 16.3. The number of hydrogen-bond acceptors (Lipinski definition) is 3. The molecule has 4 rings (SSSR count). The van der Waals surface area contributed by atoms with Crippen molar-refractivity contribution in [2.75, 3.05) is 6.54 Å². The van der Waals surface area contributed by atoms with Gasteiger partial charge in [-0.3, -0.25) is 4.79 Å². The number of benzene rings is 2. The van der Waals surface area contributed by atoms with Gasteiger partial charge in [-0.1, -0.05) is 42.5 Å². The van der Waals surface area contributed by atoms with Crippen molar-refractivity contribution in [2.24, 2.45) is 0 Å². The van der Waals surface area contributed by atoms with Gasteiger partial charge in [-0.2, -0.15) is 0 Å². The first kappa shape index (κ1) is 19.0. The third kappa shape index (κ3) is 4.76. The molecule has 0 fully saturated rings. The first-order valence-electron chi connectivity index (χ1n) is 9.84. The molecule has 148 valence electrons. The van der Waals surface area contributed by atoms with Crippen LogP contribution in [0.25, 0.3) is 10.8 Å². The number of carbonyl (C=O) groups excluding carboxylic acids is 1. The van der Waals surface area contributed by atoms with E-state index in [1.165, 1.54) is 5.39 Å². The molecule has 2 heterocycles. The summed E-state index contributed by atoms with van der Waals surface area (Å²) < 4.78 is 11.0. The lowest BCUT2D eigenvalue weighted by Crippen LogP contribution is -3.10. The van der Waals surface area contributed by atoms with Gasteiger partial charge in [0, 0.05) is 0 Å². The number of quaternary nitrogens is 1. The Bertz CT molecular complexity index is 1010. The highest BCUT2D eigenvalue weighted by Crippen LogP contribution is 2.23. The number of carbonyl (C=O) groups is 1. The van der Waals surface area contributed by atoms with E-state index in [4.69, 9.17) is 8.83 Å². The second kappa shape index (κ2) is 8.80. The number of fused-ring (bicyclic) bond motifs is 1. The van der Waals surface area contributed by atoms with Crippen molar-refractivity contribution in [2.45, 2.75) is 26.1 Å². The van der Waals surface area contributed by atoms with E-state index in [1.807, 2.05) is 49.4 Å². The van der Waals surface area contributed by atoms with Crippen molar-refractivity contribution in [3.8, 4) is 0 Å². The molecule has 0 aliphatic carbocycles. The Balaban J connectivity index is 1.45. The summed E-state index contributed by atoms with van der Waals surface area (Å²) in [5, 5.41) is 5.50. The van der Waals surface area contributed by atoms with Crippen LogP contribution in [0.3, 0.4) is 0 Å². The Morgan fingerprint density at radius 1 is 0.897 bits per heavy atom. The van der Waals surface area contributed by atoms with Crippen LogP contribution in [0.15, 0.2) is 88.1 Å². The zero-order valence-corrected chi connectivity index (χ0v) is 16.4. The third-order valence-electron chi connectivity index (χ3n) is 5.09. The van der Waals surface area contributed by atoms with Gasteiger partial charge in [0.1, 0.15) is 13.1 Å². The number of nitrogens with one attached hydrogen (secondary N) is 2.